The van der Waals surface area contributed by atoms with E-state index in [-0.39, 0.29) is 11.7 Å². The van der Waals surface area contributed by atoms with Gasteiger partial charge in [0.2, 0.25) is 5.91 Å². The summed E-state index contributed by atoms with van der Waals surface area (Å²) in [6.07, 6.45) is 1.96. The highest BCUT2D eigenvalue weighted by Crippen LogP contribution is 2.27. The standard InChI is InChI=1S/C22H29FN4O/c1-5-11-26(12-6-2)15-21(28)25-22-20(13-24)16(3)17(4)27(22)14-18-7-9-19(23)10-8-18/h7-10H,5-6,11-12,14-15H2,1-4H3,(H,25,28). The maximum atomic E-state index is 13.2. The van der Waals surface area contributed by atoms with Gasteiger partial charge in [0.25, 0.3) is 0 Å². The molecule has 0 aliphatic heterocycles. The summed E-state index contributed by atoms with van der Waals surface area (Å²) in [7, 11) is 0. The average Bonchev–Trinajstić information content (AvgIpc) is 2.87. The molecule has 28 heavy (non-hydrogen) atoms. The highest BCUT2D eigenvalue weighted by atomic mass is 19.1. The van der Waals surface area contributed by atoms with Gasteiger partial charge in [-0.25, -0.2) is 4.39 Å². The lowest BCUT2D eigenvalue weighted by atomic mass is 10.2. The van der Waals surface area contributed by atoms with Gasteiger partial charge < -0.3 is 9.88 Å². The van der Waals surface area contributed by atoms with Crippen LogP contribution in [0.5, 0.6) is 0 Å². The van der Waals surface area contributed by atoms with Crippen LogP contribution in [0.3, 0.4) is 0 Å². The molecule has 0 radical (unpaired) electrons. The molecule has 0 spiro atoms. The molecule has 1 N–H and O–H groups in total. The first-order chi connectivity index (χ1) is 13.4. The fourth-order valence-corrected chi connectivity index (χ4v) is 3.38. The van der Waals surface area contributed by atoms with E-state index in [9.17, 15) is 14.4 Å². The van der Waals surface area contributed by atoms with Crippen molar-refractivity contribution in [2.24, 2.45) is 0 Å². The van der Waals surface area contributed by atoms with Crippen LogP contribution in [0, 0.1) is 31.0 Å². The van der Waals surface area contributed by atoms with Gasteiger partial charge in [0.15, 0.2) is 0 Å². The van der Waals surface area contributed by atoms with E-state index < -0.39 is 0 Å². The minimum atomic E-state index is -0.290. The van der Waals surface area contributed by atoms with E-state index in [1.54, 1.807) is 12.1 Å². The highest BCUT2D eigenvalue weighted by Gasteiger charge is 2.20. The number of nitrogens with one attached hydrogen (secondary N) is 1. The first-order valence-electron chi connectivity index (χ1n) is 9.77. The van der Waals surface area contributed by atoms with Gasteiger partial charge in [-0.15, -0.1) is 0 Å². The smallest absolute Gasteiger partial charge is 0.239 e. The summed E-state index contributed by atoms with van der Waals surface area (Å²) in [6.45, 7) is 10.5. The summed E-state index contributed by atoms with van der Waals surface area (Å²) in [6, 6.07) is 8.48. The highest BCUT2D eigenvalue weighted by molar-refractivity contribution is 5.93. The average molecular weight is 384 g/mol. The summed E-state index contributed by atoms with van der Waals surface area (Å²) >= 11 is 0. The molecule has 1 amide bonds. The van der Waals surface area contributed by atoms with E-state index in [4.69, 9.17) is 0 Å². The van der Waals surface area contributed by atoms with E-state index >= 15 is 0 Å². The van der Waals surface area contributed by atoms with Gasteiger partial charge in [-0.05, 0) is 63.0 Å². The van der Waals surface area contributed by atoms with Crippen LogP contribution in [0.25, 0.3) is 0 Å². The van der Waals surface area contributed by atoms with Crippen LogP contribution in [0.2, 0.25) is 0 Å². The van der Waals surface area contributed by atoms with Crippen molar-refractivity contribution in [2.75, 3.05) is 25.0 Å². The van der Waals surface area contributed by atoms with Crippen molar-refractivity contribution in [3.63, 3.8) is 0 Å². The molecule has 0 fully saturated rings. The number of aromatic nitrogens is 1. The van der Waals surface area contributed by atoms with Crippen molar-refractivity contribution in [3.8, 4) is 6.07 Å². The minimum absolute atomic E-state index is 0.128. The van der Waals surface area contributed by atoms with E-state index in [0.717, 1.165) is 42.8 Å². The van der Waals surface area contributed by atoms with E-state index in [2.05, 4.69) is 30.1 Å². The van der Waals surface area contributed by atoms with Crippen molar-refractivity contribution < 1.29 is 9.18 Å². The predicted molar refractivity (Wildman–Crippen MR) is 110 cm³/mol. The number of anilines is 1. The molecule has 0 saturated carbocycles. The van der Waals surface area contributed by atoms with Crippen LogP contribution in [0.4, 0.5) is 10.2 Å². The fourth-order valence-electron chi connectivity index (χ4n) is 3.38. The molecule has 5 nitrogen and oxygen atoms in total. The van der Waals surface area contributed by atoms with Crippen molar-refractivity contribution in [1.29, 1.82) is 5.26 Å². The van der Waals surface area contributed by atoms with Crippen LogP contribution < -0.4 is 5.32 Å². The minimum Gasteiger partial charge on any atom is -0.326 e. The zero-order valence-corrected chi connectivity index (χ0v) is 17.2. The lowest BCUT2D eigenvalue weighted by Crippen LogP contribution is -2.35. The number of carbonyl (C=O) groups is 1. The number of hydrogen-bond donors (Lipinski definition) is 1. The first-order valence-corrected chi connectivity index (χ1v) is 9.77. The molecule has 0 aliphatic rings. The molecule has 2 aromatic rings. The monoisotopic (exact) mass is 384 g/mol. The number of nitrogens with zero attached hydrogens (tertiary/aromatic N) is 3. The lowest BCUT2D eigenvalue weighted by Gasteiger charge is -2.21. The largest absolute Gasteiger partial charge is 0.326 e. The Hall–Kier alpha value is -2.65. The summed E-state index contributed by atoms with van der Waals surface area (Å²) < 4.78 is 15.1. The normalized spacial score (nSPS) is 10.9. The predicted octanol–water partition coefficient (Wildman–Crippen LogP) is 4.22. The summed E-state index contributed by atoms with van der Waals surface area (Å²) in [5.74, 6) is 0.0957. The Morgan fingerprint density at radius 2 is 1.79 bits per heavy atom. The Morgan fingerprint density at radius 3 is 2.32 bits per heavy atom. The molecule has 150 valence electrons. The molecule has 1 aromatic heterocycles. The van der Waals surface area contributed by atoms with E-state index in [0.29, 0.717) is 24.5 Å². The Morgan fingerprint density at radius 1 is 1.18 bits per heavy atom. The van der Waals surface area contributed by atoms with Crippen LogP contribution in [-0.4, -0.2) is 35.0 Å². The van der Waals surface area contributed by atoms with Crippen molar-refractivity contribution >= 4 is 11.7 Å². The molecule has 2 rings (SSSR count). The van der Waals surface area contributed by atoms with Crippen molar-refractivity contribution in [2.45, 2.75) is 47.1 Å². The second-order valence-electron chi connectivity index (χ2n) is 7.08. The van der Waals surface area contributed by atoms with Crippen molar-refractivity contribution in [3.05, 3.63) is 52.5 Å². The van der Waals surface area contributed by atoms with Gasteiger partial charge in [0.1, 0.15) is 17.7 Å². The second-order valence-corrected chi connectivity index (χ2v) is 7.08. The fraction of sp³-hybridized carbons (Fsp3) is 0.455. The summed E-state index contributed by atoms with van der Waals surface area (Å²) in [5, 5.41) is 12.6. The molecular formula is C22H29FN4O. The molecule has 0 saturated heterocycles. The molecule has 6 heteroatoms. The SMILES string of the molecule is CCCN(CCC)CC(=O)Nc1c(C#N)c(C)c(C)n1Cc1ccc(F)cc1. The van der Waals surface area contributed by atoms with Gasteiger partial charge >= 0.3 is 0 Å². The third-order valence-corrected chi connectivity index (χ3v) is 4.90. The number of halogens is 1. The van der Waals surface area contributed by atoms with Crippen LogP contribution in [0.15, 0.2) is 24.3 Å². The third kappa shape index (κ3) is 5.20. The van der Waals surface area contributed by atoms with Gasteiger partial charge in [0, 0.05) is 12.2 Å². The quantitative estimate of drug-likeness (QED) is 0.704. The topological polar surface area (TPSA) is 61.1 Å². The van der Waals surface area contributed by atoms with E-state index in [1.165, 1.54) is 12.1 Å². The Kier molecular flexibility index (Phi) is 7.77. The molecule has 0 bridgehead atoms. The van der Waals surface area contributed by atoms with Crippen LogP contribution >= 0.6 is 0 Å². The summed E-state index contributed by atoms with van der Waals surface area (Å²) in [5.41, 5.74) is 3.14. The van der Waals surface area contributed by atoms with Gasteiger partial charge in [-0.1, -0.05) is 26.0 Å². The van der Waals surface area contributed by atoms with Gasteiger partial charge in [-0.3, -0.25) is 9.69 Å². The number of benzene rings is 1. The van der Waals surface area contributed by atoms with Crippen LogP contribution in [-0.2, 0) is 11.3 Å². The van der Waals surface area contributed by atoms with Crippen molar-refractivity contribution in [1.82, 2.24) is 9.47 Å². The third-order valence-electron chi connectivity index (χ3n) is 4.90. The Balaban J connectivity index is 2.29. The zero-order chi connectivity index (χ0) is 20.7. The Labute approximate surface area is 166 Å². The number of carbonyl (C=O) groups excluding carboxylic acids is 1. The maximum Gasteiger partial charge on any atom is 0.239 e. The number of hydrogen-bond acceptors (Lipinski definition) is 3. The number of nitriles is 1. The van der Waals surface area contributed by atoms with Gasteiger partial charge in [0.05, 0.1) is 12.1 Å². The zero-order valence-electron chi connectivity index (χ0n) is 17.2. The Bertz CT molecular complexity index is 843. The molecule has 0 atom stereocenters. The number of rotatable bonds is 9. The number of amides is 1. The maximum absolute atomic E-state index is 13.2. The molecule has 0 aliphatic carbocycles. The first kappa shape index (κ1) is 21.6. The summed E-state index contributed by atoms with van der Waals surface area (Å²) in [4.78, 5) is 14.8. The van der Waals surface area contributed by atoms with Gasteiger partial charge in [-0.2, -0.15) is 5.26 Å². The lowest BCUT2D eigenvalue weighted by molar-refractivity contribution is -0.117. The molecule has 1 heterocycles. The second kappa shape index (κ2) is 10.0. The van der Waals surface area contributed by atoms with E-state index in [1.807, 2.05) is 18.4 Å². The molecular weight excluding hydrogens is 355 g/mol. The molecule has 1 aromatic carbocycles. The van der Waals surface area contributed by atoms with Crippen LogP contribution in [0.1, 0.15) is 49.1 Å². The molecule has 0 unspecified atom stereocenters.